The lowest BCUT2D eigenvalue weighted by Crippen LogP contribution is -2.41. The predicted molar refractivity (Wildman–Crippen MR) is 80.9 cm³/mol. The van der Waals surface area contributed by atoms with E-state index in [1.807, 2.05) is 0 Å². The lowest BCUT2D eigenvalue weighted by atomic mass is 9.79. The van der Waals surface area contributed by atoms with Crippen molar-refractivity contribution in [2.45, 2.75) is 77.0 Å². The summed E-state index contributed by atoms with van der Waals surface area (Å²) in [6, 6.07) is 0.642. The molecule has 0 amide bonds. The normalized spacial score (nSPS) is 29.9. The molecule has 1 saturated heterocycles. The molecule has 5 heteroatoms. The molecule has 0 atom stereocenters. The van der Waals surface area contributed by atoms with Gasteiger partial charge in [0.15, 0.2) is 0 Å². The highest BCUT2D eigenvalue weighted by Gasteiger charge is 2.53. The van der Waals surface area contributed by atoms with E-state index in [9.17, 15) is 0 Å². The van der Waals surface area contributed by atoms with Crippen LogP contribution in [0.5, 0.6) is 0 Å². The zero-order valence-corrected chi connectivity index (χ0v) is 13.2. The van der Waals surface area contributed by atoms with Gasteiger partial charge in [-0.1, -0.05) is 19.3 Å². The summed E-state index contributed by atoms with van der Waals surface area (Å²) in [6.07, 6.45) is 8.89. The molecule has 2 fully saturated rings. The Morgan fingerprint density at radius 2 is 1.70 bits per heavy atom. The van der Waals surface area contributed by atoms with E-state index in [1.54, 1.807) is 0 Å². The van der Waals surface area contributed by atoms with Crippen molar-refractivity contribution in [2.75, 3.05) is 6.54 Å². The molecule has 2 aliphatic heterocycles. The number of hydrogen-bond donors (Lipinski definition) is 1. The smallest absolute Gasteiger partial charge is 0.399 e. The fourth-order valence-electron chi connectivity index (χ4n) is 3.18. The maximum atomic E-state index is 6.13. The Labute approximate surface area is 123 Å². The van der Waals surface area contributed by atoms with Gasteiger partial charge in [0.2, 0.25) is 0 Å². The van der Waals surface area contributed by atoms with Gasteiger partial charge in [0, 0.05) is 18.8 Å². The first-order chi connectivity index (χ1) is 9.39. The van der Waals surface area contributed by atoms with Crippen molar-refractivity contribution in [1.29, 1.82) is 0 Å². The molecular weight excluding hydrogens is 251 g/mol. The van der Waals surface area contributed by atoms with Crippen molar-refractivity contribution in [3.63, 3.8) is 0 Å². The van der Waals surface area contributed by atoms with Crippen molar-refractivity contribution >= 4 is 7.12 Å². The average Bonchev–Trinajstić information content (AvgIpc) is 2.94. The van der Waals surface area contributed by atoms with Crippen LogP contribution in [0.25, 0.3) is 0 Å². The van der Waals surface area contributed by atoms with Crippen molar-refractivity contribution in [3.8, 4) is 0 Å². The second-order valence-electron chi connectivity index (χ2n) is 7.33. The van der Waals surface area contributed by atoms with Crippen molar-refractivity contribution < 1.29 is 9.31 Å². The van der Waals surface area contributed by atoms with Gasteiger partial charge in [0.05, 0.1) is 11.2 Å². The standard InChI is InChI=1S/C15H27BN2O2/c1-14(2)15(3,4)20-16(19-14)12-10-17-18(11-12)13-8-6-5-7-9-13/h11,13,17H,5-10H2,1-4H3. The van der Waals surface area contributed by atoms with Gasteiger partial charge in [-0.05, 0) is 46.0 Å². The monoisotopic (exact) mass is 278 g/mol. The first-order valence-corrected chi connectivity index (χ1v) is 7.97. The van der Waals surface area contributed by atoms with Gasteiger partial charge in [-0.2, -0.15) is 0 Å². The zero-order chi connectivity index (χ0) is 14.4. The summed E-state index contributed by atoms with van der Waals surface area (Å²) in [5.74, 6) is 0. The fourth-order valence-corrected chi connectivity index (χ4v) is 3.18. The van der Waals surface area contributed by atoms with Crippen LogP contribution in [0.3, 0.4) is 0 Å². The summed E-state index contributed by atoms with van der Waals surface area (Å²) < 4.78 is 12.3. The van der Waals surface area contributed by atoms with Crippen molar-refractivity contribution in [3.05, 3.63) is 11.7 Å². The minimum absolute atomic E-state index is 0.207. The third kappa shape index (κ3) is 2.51. The molecule has 0 spiro atoms. The topological polar surface area (TPSA) is 33.7 Å². The third-order valence-corrected chi connectivity index (χ3v) is 5.29. The van der Waals surface area contributed by atoms with E-state index >= 15 is 0 Å². The van der Waals surface area contributed by atoms with Gasteiger partial charge >= 0.3 is 7.12 Å². The van der Waals surface area contributed by atoms with E-state index in [0.29, 0.717) is 6.04 Å². The van der Waals surface area contributed by atoms with Crippen LogP contribution in [0.2, 0.25) is 0 Å². The van der Waals surface area contributed by atoms with E-state index in [4.69, 9.17) is 9.31 Å². The number of hydrazine groups is 1. The Hall–Kier alpha value is -0.515. The van der Waals surface area contributed by atoms with Gasteiger partial charge in [-0.15, -0.1) is 0 Å². The summed E-state index contributed by atoms with van der Waals surface area (Å²) in [4.78, 5) is 0. The van der Waals surface area contributed by atoms with E-state index < -0.39 is 0 Å². The lowest BCUT2D eigenvalue weighted by Gasteiger charge is -2.32. The highest BCUT2D eigenvalue weighted by Crippen LogP contribution is 2.39. The summed E-state index contributed by atoms with van der Waals surface area (Å²) in [7, 11) is -0.207. The Bertz CT molecular complexity index is 387. The van der Waals surface area contributed by atoms with Crippen LogP contribution in [0.4, 0.5) is 0 Å². The van der Waals surface area contributed by atoms with E-state index in [0.717, 1.165) is 6.54 Å². The molecule has 0 aromatic rings. The highest BCUT2D eigenvalue weighted by atomic mass is 16.7. The molecule has 3 aliphatic rings. The van der Waals surface area contributed by atoms with E-state index in [2.05, 4.69) is 44.3 Å². The van der Waals surface area contributed by atoms with Gasteiger partial charge in [-0.3, -0.25) is 0 Å². The van der Waals surface area contributed by atoms with Crippen LogP contribution >= 0.6 is 0 Å². The molecule has 2 heterocycles. The van der Waals surface area contributed by atoms with Crippen LogP contribution in [0.1, 0.15) is 59.8 Å². The van der Waals surface area contributed by atoms with Crippen LogP contribution in [0.15, 0.2) is 11.7 Å². The summed E-state index contributed by atoms with van der Waals surface area (Å²) in [5, 5.41) is 2.29. The maximum Gasteiger partial charge on any atom is 0.493 e. The molecule has 0 aromatic heterocycles. The molecule has 4 nitrogen and oxygen atoms in total. The molecular formula is C15H27BN2O2. The molecule has 20 heavy (non-hydrogen) atoms. The fraction of sp³-hybridized carbons (Fsp3) is 0.867. The van der Waals surface area contributed by atoms with Gasteiger partial charge in [-0.25, -0.2) is 5.43 Å². The van der Waals surface area contributed by atoms with Crippen LogP contribution in [0, 0.1) is 0 Å². The van der Waals surface area contributed by atoms with Gasteiger partial charge < -0.3 is 14.3 Å². The number of nitrogens with one attached hydrogen (secondary N) is 1. The SMILES string of the molecule is CC1(C)OB(C2=CN(C3CCCCC3)NC2)OC1(C)C. The van der Waals surface area contributed by atoms with Crippen molar-refractivity contribution in [1.82, 2.24) is 10.4 Å². The Balaban J connectivity index is 1.67. The molecule has 0 aromatic carbocycles. The number of nitrogens with zero attached hydrogens (tertiary/aromatic N) is 1. The predicted octanol–water partition coefficient (Wildman–Crippen LogP) is 2.65. The molecule has 0 radical (unpaired) electrons. The highest BCUT2D eigenvalue weighted by molar-refractivity contribution is 6.54. The minimum Gasteiger partial charge on any atom is -0.399 e. The first-order valence-electron chi connectivity index (χ1n) is 7.97. The van der Waals surface area contributed by atoms with E-state index in [1.165, 1.54) is 37.6 Å². The van der Waals surface area contributed by atoms with Crippen LogP contribution < -0.4 is 5.43 Å². The molecule has 1 aliphatic carbocycles. The molecule has 1 N–H and O–H groups in total. The molecule has 0 unspecified atom stereocenters. The third-order valence-electron chi connectivity index (χ3n) is 5.29. The summed E-state index contributed by atoms with van der Waals surface area (Å²) in [6.45, 7) is 9.26. The summed E-state index contributed by atoms with van der Waals surface area (Å²) >= 11 is 0. The van der Waals surface area contributed by atoms with E-state index in [-0.39, 0.29) is 18.3 Å². The summed E-state index contributed by atoms with van der Waals surface area (Å²) in [5.41, 5.74) is 4.20. The molecule has 0 bridgehead atoms. The minimum atomic E-state index is -0.253. The maximum absolute atomic E-state index is 6.13. The van der Waals surface area contributed by atoms with Gasteiger partial charge in [0.1, 0.15) is 0 Å². The zero-order valence-electron chi connectivity index (χ0n) is 13.2. The quantitative estimate of drug-likeness (QED) is 0.787. The molecule has 1 saturated carbocycles. The Kier molecular flexibility index (Phi) is 3.63. The van der Waals surface area contributed by atoms with Crippen molar-refractivity contribution in [2.24, 2.45) is 0 Å². The van der Waals surface area contributed by atoms with Crippen LogP contribution in [-0.2, 0) is 9.31 Å². The largest absolute Gasteiger partial charge is 0.493 e. The van der Waals surface area contributed by atoms with Crippen LogP contribution in [-0.4, -0.2) is 35.9 Å². The second kappa shape index (κ2) is 5.04. The average molecular weight is 278 g/mol. The Morgan fingerprint density at radius 3 is 2.30 bits per heavy atom. The number of rotatable bonds is 2. The lowest BCUT2D eigenvalue weighted by molar-refractivity contribution is 0.00578. The molecule has 3 rings (SSSR count). The molecule has 112 valence electrons. The van der Waals surface area contributed by atoms with Gasteiger partial charge in [0.25, 0.3) is 0 Å². The second-order valence-corrected chi connectivity index (χ2v) is 7.33. The number of hydrogen-bond acceptors (Lipinski definition) is 4. The first kappa shape index (κ1) is 14.4. The Morgan fingerprint density at radius 1 is 1.10 bits per heavy atom.